The Hall–Kier alpha value is -1.62. The van der Waals surface area contributed by atoms with Gasteiger partial charge in [0.25, 0.3) is 0 Å². The minimum atomic E-state index is -0.431. The molecule has 2 atom stereocenters. The van der Waals surface area contributed by atoms with E-state index in [1.54, 1.807) is 24.9 Å². The average Bonchev–Trinajstić information content (AvgIpc) is 3.03. The van der Waals surface area contributed by atoms with Gasteiger partial charge in [-0.05, 0) is 49.8 Å². The summed E-state index contributed by atoms with van der Waals surface area (Å²) in [6.45, 7) is 2.20. The number of nitrogens with zero attached hydrogens (tertiary/aromatic N) is 1. The molecule has 2 N–H and O–H groups in total. The minimum Gasteiger partial charge on any atom is -0.393 e. The number of halogens is 1. The van der Waals surface area contributed by atoms with E-state index in [2.05, 4.69) is 5.32 Å². The molecule has 0 aliphatic heterocycles. The highest BCUT2D eigenvalue weighted by molar-refractivity contribution is 5.74. The first-order valence-electron chi connectivity index (χ1n) is 8.42. The number of carbonyl (C=O) groups excluding carboxylic acids is 1. The smallest absolute Gasteiger partial charge is 0.317 e. The van der Waals surface area contributed by atoms with E-state index < -0.39 is 6.10 Å². The van der Waals surface area contributed by atoms with Crippen molar-refractivity contribution in [3.05, 3.63) is 35.6 Å². The van der Waals surface area contributed by atoms with Crippen LogP contribution >= 0.6 is 0 Å². The molecule has 1 aliphatic rings. The zero-order valence-electron chi connectivity index (χ0n) is 14.0. The van der Waals surface area contributed by atoms with Crippen LogP contribution in [0.15, 0.2) is 24.3 Å². The third kappa shape index (κ3) is 5.20. The van der Waals surface area contributed by atoms with Gasteiger partial charge < -0.3 is 15.3 Å². The summed E-state index contributed by atoms with van der Waals surface area (Å²) in [5.41, 5.74) is 0.828. The normalized spacial score (nSPS) is 17.7. The summed E-state index contributed by atoms with van der Waals surface area (Å²) in [5.74, 6) is 0.0770. The van der Waals surface area contributed by atoms with E-state index in [9.17, 15) is 14.3 Å². The molecule has 0 heterocycles. The SMILES string of the molecule is CC(O)CCN(C)C(=O)NC(c1cccc(F)c1)C1CCCC1. The van der Waals surface area contributed by atoms with E-state index in [-0.39, 0.29) is 17.9 Å². The molecular weight excluding hydrogens is 295 g/mol. The molecule has 128 valence electrons. The maximum Gasteiger partial charge on any atom is 0.317 e. The van der Waals surface area contributed by atoms with E-state index in [0.29, 0.717) is 18.9 Å². The Kier molecular flexibility index (Phi) is 6.39. The fourth-order valence-corrected chi connectivity index (χ4v) is 3.19. The van der Waals surface area contributed by atoms with Gasteiger partial charge in [-0.15, -0.1) is 0 Å². The molecule has 0 saturated heterocycles. The summed E-state index contributed by atoms with van der Waals surface area (Å²) in [6, 6.07) is 6.17. The molecule has 23 heavy (non-hydrogen) atoms. The monoisotopic (exact) mass is 322 g/mol. The third-order valence-corrected chi connectivity index (χ3v) is 4.59. The average molecular weight is 322 g/mol. The highest BCUT2D eigenvalue weighted by Gasteiger charge is 2.28. The number of hydrogen-bond acceptors (Lipinski definition) is 2. The number of amides is 2. The van der Waals surface area contributed by atoms with Gasteiger partial charge in [0.05, 0.1) is 12.1 Å². The second-order valence-electron chi connectivity index (χ2n) is 6.59. The van der Waals surface area contributed by atoms with E-state index in [4.69, 9.17) is 0 Å². The highest BCUT2D eigenvalue weighted by Crippen LogP contribution is 2.36. The molecule has 1 saturated carbocycles. The van der Waals surface area contributed by atoms with Crippen molar-refractivity contribution >= 4 is 6.03 Å². The van der Waals surface area contributed by atoms with Crippen LogP contribution in [-0.2, 0) is 0 Å². The van der Waals surface area contributed by atoms with Gasteiger partial charge >= 0.3 is 6.03 Å². The van der Waals surface area contributed by atoms with Gasteiger partial charge in [-0.3, -0.25) is 0 Å². The number of urea groups is 1. The lowest BCUT2D eigenvalue weighted by molar-refractivity contribution is 0.160. The lowest BCUT2D eigenvalue weighted by atomic mass is 9.91. The van der Waals surface area contributed by atoms with Gasteiger partial charge in [-0.25, -0.2) is 9.18 Å². The van der Waals surface area contributed by atoms with Crippen LogP contribution in [0.2, 0.25) is 0 Å². The number of rotatable bonds is 6. The third-order valence-electron chi connectivity index (χ3n) is 4.59. The maximum atomic E-state index is 13.6. The van der Waals surface area contributed by atoms with Crippen LogP contribution in [-0.4, -0.2) is 35.7 Å². The zero-order valence-corrected chi connectivity index (χ0v) is 14.0. The Morgan fingerprint density at radius 2 is 2.13 bits per heavy atom. The fraction of sp³-hybridized carbons (Fsp3) is 0.611. The van der Waals surface area contributed by atoms with Gasteiger partial charge in [0.15, 0.2) is 0 Å². The van der Waals surface area contributed by atoms with E-state index in [0.717, 1.165) is 31.2 Å². The highest BCUT2D eigenvalue weighted by atomic mass is 19.1. The van der Waals surface area contributed by atoms with Crippen LogP contribution < -0.4 is 5.32 Å². The quantitative estimate of drug-likeness (QED) is 0.842. The molecule has 5 heteroatoms. The number of carbonyl (C=O) groups is 1. The lowest BCUT2D eigenvalue weighted by Crippen LogP contribution is -2.42. The molecule has 0 spiro atoms. The first-order valence-corrected chi connectivity index (χ1v) is 8.42. The van der Waals surface area contributed by atoms with Gasteiger partial charge in [-0.1, -0.05) is 25.0 Å². The Morgan fingerprint density at radius 1 is 1.43 bits per heavy atom. The topological polar surface area (TPSA) is 52.6 Å². The van der Waals surface area contributed by atoms with Crippen molar-refractivity contribution in [1.29, 1.82) is 0 Å². The van der Waals surface area contributed by atoms with Crippen molar-refractivity contribution < 1.29 is 14.3 Å². The summed E-state index contributed by atoms with van der Waals surface area (Å²) in [7, 11) is 1.72. The van der Waals surface area contributed by atoms with Crippen molar-refractivity contribution in [2.75, 3.05) is 13.6 Å². The van der Waals surface area contributed by atoms with Crippen LogP contribution in [0.25, 0.3) is 0 Å². The Labute approximate surface area is 137 Å². The van der Waals surface area contributed by atoms with Crippen molar-refractivity contribution in [1.82, 2.24) is 10.2 Å². The van der Waals surface area contributed by atoms with Crippen LogP contribution in [0.4, 0.5) is 9.18 Å². The summed E-state index contributed by atoms with van der Waals surface area (Å²) >= 11 is 0. The molecule has 1 aliphatic carbocycles. The lowest BCUT2D eigenvalue weighted by Gasteiger charge is -2.28. The fourth-order valence-electron chi connectivity index (χ4n) is 3.19. The second-order valence-corrected chi connectivity index (χ2v) is 6.59. The Bertz CT molecular complexity index is 515. The molecule has 4 nitrogen and oxygen atoms in total. The number of hydrogen-bond donors (Lipinski definition) is 2. The molecule has 0 bridgehead atoms. The maximum absolute atomic E-state index is 13.6. The van der Waals surface area contributed by atoms with Gasteiger partial charge in [0.1, 0.15) is 5.82 Å². The van der Waals surface area contributed by atoms with Gasteiger partial charge in [0.2, 0.25) is 0 Å². The predicted molar refractivity (Wildman–Crippen MR) is 88.6 cm³/mol. The van der Waals surface area contributed by atoms with E-state index in [1.165, 1.54) is 12.1 Å². The van der Waals surface area contributed by atoms with Crippen molar-refractivity contribution in [3.63, 3.8) is 0 Å². The molecule has 2 amide bonds. The standard InChI is InChI=1S/C18H27FN2O2/c1-13(22)10-11-21(2)18(23)20-17(14-6-3-4-7-14)15-8-5-9-16(19)12-15/h5,8-9,12-14,17,22H,3-4,6-7,10-11H2,1-2H3,(H,20,23). The molecule has 1 fully saturated rings. The number of benzene rings is 1. The summed E-state index contributed by atoms with van der Waals surface area (Å²) < 4.78 is 13.6. The molecule has 0 aromatic heterocycles. The number of nitrogens with one attached hydrogen (secondary N) is 1. The summed E-state index contributed by atoms with van der Waals surface area (Å²) in [4.78, 5) is 14.0. The van der Waals surface area contributed by atoms with Crippen LogP contribution in [0.5, 0.6) is 0 Å². The van der Waals surface area contributed by atoms with Crippen molar-refractivity contribution in [3.8, 4) is 0 Å². The van der Waals surface area contributed by atoms with E-state index in [1.807, 2.05) is 6.07 Å². The number of aliphatic hydroxyl groups excluding tert-OH is 1. The van der Waals surface area contributed by atoms with Crippen molar-refractivity contribution in [2.24, 2.45) is 5.92 Å². The van der Waals surface area contributed by atoms with Gasteiger partial charge in [0, 0.05) is 13.6 Å². The molecule has 2 unspecified atom stereocenters. The van der Waals surface area contributed by atoms with Crippen LogP contribution in [0.3, 0.4) is 0 Å². The Morgan fingerprint density at radius 3 is 2.74 bits per heavy atom. The molecule has 2 rings (SSSR count). The Balaban J connectivity index is 2.07. The second kappa shape index (κ2) is 8.29. The first kappa shape index (κ1) is 17.7. The molecule has 1 aromatic carbocycles. The summed E-state index contributed by atoms with van der Waals surface area (Å²) in [6.07, 6.45) is 4.53. The zero-order chi connectivity index (χ0) is 16.8. The van der Waals surface area contributed by atoms with Crippen molar-refractivity contribution in [2.45, 2.75) is 51.2 Å². The van der Waals surface area contributed by atoms with E-state index >= 15 is 0 Å². The minimum absolute atomic E-state index is 0.158. The van der Waals surface area contributed by atoms with Crippen LogP contribution in [0.1, 0.15) is 50.6 Å². The summed E-state index contributed by atoms with van der Waals surface area (Å²) in [5, 5.41) is 12.4. The largest absolute Gasteiger partial charge is 0.393 e. The molecule has 1 aromatic rings. The van der Waals surface area contributed by atoms with Gasteiger partial charge in [-0.2, -0.15) is 0 Å². The molecular formula is C18H27FN2O2. The van der Waals surface area contributed by atoms with Crippen LogP contribution in [0, 0.1) is 11.7 Å². The number of aliphatic hydroxyl groups is 1. The predicted octanol–water partition coefficient (Wildman–Crippen LogP) is 3.47. The first-order chi connectivity index (χ1) is 11.0. The molecule has 0 radical (unpaired) electrons.